The number of anilines is 1. The molecule has 2 atom stereocenters. The maximum Gasteiger partial charge on any atom is 0.132 e. The molecule has 0 saturated carbocycles. The Morgan fingerprint density at radius 1 is 1.04 bits per heavy atom. The molecule has 0 amide bonds. The van der Waals surface area contributed by atoms with E-state index >= 15 is 0 Å². The van der Waals surface area contributed by atoms with Crippen molar-refractivity contribution in [1.82, 2.24) is 24.4 Å². The van der Waals surface area contributed by atoms with Crippen LogP contribution in [0, 0.1) is 11.8 Å². The molecule has 2 aromatic heterocycles. The number of nitrogens with zero attached hydrogens (tertiary/aromatic N) is 6. The van der Waals surface area contributed by atoms with Crippen molar-refractivity contribution in [2.24, 2.45) is 11.8 Å². The summed E-state index contributed by atoms with van der Waals surface area (Å²) in [6.07, 6.45) is 7.59. The Kier molecular flexibility index (Phi) is 4.38. The van der Waals surface area contributed by atoms with E-state index in [1.807, 2.05) is 0 Å². The van der Waals surface area contributed by atoms with Gasteiger partial charge in [0.1, 0.15) is 18.0 Å². The monoisotopic (exact) mass is 366 g/mol. The smallest absolute Gasteiger partial charge is 0.132 e. The average molecular weight is 367 g/mol. The highest BCUT2D eigenvalue weighted by Gasteiger charge is 2.40. The van der Waals surface area contributed by atoms with Gasteiger partial charge in [-0.2, -0.15) is 0 Å². The van der Waals surface area contributed by atoms with E-state index in [0.717, 1.165) is 55.9 Å². The number of aromatic nitrogens is 4. The Hall–Kier alpha value is -1.95. The maximum absolute atomic E-state index is 4.66. The first-order chi connectivity index (χ1) is 13.2. The molecule has 0 aliphatic carbocycles. The molecule has 3 aliphatic rings. The minimum Gasteiger partial charge on any atom is -0.356 e. The highest BCUT2D eigenvalue weighted by Crippen LogP contribution is 2.34. The zero-order valence-corrected chi connectivity index (χ0v) is 16.5. The van der Waals surface area contributed by atoms with Gasteiger partial charge >= 0.3 is 0 Å². The molecular weight excluding hydrogens is 336 g/mol. The molecule has 0 N–H and O–H groups in total. The molecule has 2 fully saturated rings. The van der Waals surface area contributed by atoms with Crippen molar-refractivity contribution in [2.75, 3.05) is 31.1 Å². The molecule has 144 valence electrons. The van der Waals surface area contributed by atoms with Gasteiger partial charge in [0.2, 0.25) is 0 Å². The molecule has 3 aliphatic heterocycles. The van der Waals surface area contributed by atoms with E-state index in [0.29, 0.717) is 5.92 Å². The SMILES string of the molecule is CC(C)c1cc(N2CC3CN(Cc4cnc5n4CCCC5)CC3C2)ncn1. The van der Waals surface area contributed by atoms with Crippen molar-refractivity contribution < 1.29 is 0 Å². The van der Waals surface area contributed by atoms with Crippen molar-refractivity contribution >= 4 is 5.82 Å². The van der Waals surface area contributed by atoms with Crippen molar-refractivity contribution in [3.05, 3.63) is 35.8 Å². The normalized spacial score (nSPS) is 25.2. The lowest BCUT2D eigenvalue weighted by atomic mass is 10.0. The molecule has 5 heterocycles. The maximum atomic E-state index is 4.66. The lowest BCUT2D eigenvalue weighted by Gasteiger charge is -2.23. The van der Waals surface area contributed by atoms with Crippen LogP contribution in [0.3, 0.4) is 0 Å². The van der Waals surface area contributed by atoms with E-state index < -0.39 is 0 Å². The van der Waals surface area contributed by atoms with Crippen LogP contribution in [0.1, 0.15) is 49.8 Å². The van der Waals surface area contributed by atoms with Gasteiger partial charge in [-0.25, -0.2) is 15.0 Å². The number of aryl methyl sites for hydroxylation is 1. The molecule has 0 spiro atoms. The van der Waals surface area contributed by atoms with Crippen molar-refractivity contribution in [3.63, 3.8) is 0 Å². The third-order valence-electron chi connectivity index (χ3n) is 6.59. The molecule has 2 saturated heterocycles. The number of likely N-dealkylation sites (tertiary alicyclic amines) is 1. The number of fused-ring (bicyclic) bond motifs is 2. The fraction of sp³-hybridized carbons (Fsp3) is 0.667. The predicted molar refractivity (Wildman–Crippen MR) is 106 cm³/mol. The Morgan fingerprint density at radius 3 is 2.63 bits per heavy atom. The number of rotatable bonds is 4. The summed E-state index contributed by atoms with van der Waals surface area (Å²) >= 11 is 0. The van der Waals surface area contributed by atoms with Crippen molar-refractivity contribution in [2.45, 2.75) is 52.1 Å². The van der Waals surface area contributed by atoms with Gasteiger partial charge in [-0.3, -0.25) is 4.90 Å². The minimum absolute atomic E-state index is 0.450. The molecule has 0 aromatic carbocycles. The molecular formula is C21H30N6. The summed E-state index contributed by atoms with van der Waals surface area (Å²) in [5.41, 5.74) is 2.56. The zero-order valence-electron chi connectivity index (χ0n) is 16.5. The topological polar surface area (TPSA) is 50.1 Å². The van der Waals surface area contributed by atoms with Crippen LogP contribution in [0.15, 0.2) is 18.6 Å². The first-order valence-electron chi connectivity index (χ1n) is 10.5. The summed E-state index contributed by atoms with van der Waals surface area (Å²) in [6.45, 7) is 11.2. The quantitative estimate of drug-likeness (QED) is 0.833. The van der Waals surface area contributed by atoms with Gasteiger partial charge in [0.25, 0.3) is 0 Å². The van der Waals surface area contributed by atoms with Crippen LogP contribution in [-0.4, -0.2) is 50.6 Å². The highest BCUT2D eigenvalue weighted by atomic mass is 15.3. The van der Waals surface area contributed by atoms with E-state index in [4.69, 9.17) is 0 Å². The first kappa shape index (κ1) is 17.2. The number of hydrogen-bond acceptors (Lipinski definition) is 5. The Balaban J connectivity index is 1.22. The summed E-state index contributed by atoms with van der Waals surface area (Å²) in [6, 6.07) is 2.18. The van der Waals surface area contributed by atoms with Gasteiger partial charge in [-0.05, 0) is 30.6 Å². The van der Waals surface area contributed by atoms with Crippen molar-refractivity contribution in [3.8, 4) is 0 Å². The fourth-order valence-electron chi connectivity index (χ4n) is 5.09. The Morgan fingerprint density at radius 2 is 1.85 bits per heavy atom. The van der Waals surface area contributed by atoms with Crippen LogP contribution < -0.4 is 4.90 Å². The van der Waals surface area contributed by atoms with Crippen molar-refractivity contribution in [1.29, 1.82) is 0 Å². The van der Waals surface area contributed by atoms with Gasteiger partial charge in [0.05, 0.1) is 5.69 Å². The summed E-state index contributed by atoms with van der Waals surface area (Å²) in [5, 5.41) is 0. The van der Waals surface area contributed by atoms with Crippen LogP contribution >= 0.6 is 0 Å². The van der Waals surface area contributed by atoms with Crippen LogP contribution in [0.2, 0.25) is 0 Å². The van der Waals surface area contributed by atoms with Crippen LogP contribution in [0.25, 0.3) is 0 Å². The van der Waals surface area contributed by atoms with Gasteiger partial charge in [0.15, 0.2) is 0 Å². The van der Waals surface area contributed by atoms with E-state index in [9.17, 15) is 0 Å². The second kappa shape index (κ2) is 6.89. The van der Waals surface area contributed by atoms with E-state index in [1.54, 1.807) is 6.33 Å². The summed E-state index contributed by atoms with van der Waals surface area (Å²) in [5.74, 6) is 4.37. The lowest BCUT2D eigenvalue weighted by molar-refractivity contribution is 0.297. The molecule has 27 heavy (non-hydrogen) atoms. The second-order valence-electron chi connectivity index (χ2n) is 8.85. The molecule has 5 rings (SSSR count). The van der Waals surface area contributed by atoms with Crippen LogP contribution in [0.5, 0.6) is 0 Å². The minimum atomic E-state index is 0.450. The Bertz CT molecular complexity index is 799. The van der Waals surface area contributed by atoms with Gasteiger partial charge in [-0.15, -0.1) is 0 Å². The third-order valence-corrected chi connectivity index (χ3v) is 6.59. The lowest BCUT2D eigenvalue weighted by Crippen LogP contribution is -2.30. The second-order valence-corrected chi connectivity index (χ2v) is 8.85. The van der Waals surface area contributed by atoms with E-state index in [-0.39, 0.29) is 0 Å². The molecule has 0 bridgehead atoms. The highest BCUT2D eigenvalue weighted by molar-refractivity contribution is 5.41. The van der Waals surface area contributed by atoms with E-state index in [2.05, 4.69) is 55.4 Å². The summed E-state index contributed by atoms with van der Waals surface area (Å²) in [4.78, 5) is 18.7. The number of hydrogen-bond donors (Lipinski definition) is 0. The predicted octanol–water partition coefficient (Wildman–Crippen LogP) is 2.70. The van der Waals surface area contributed by atoms with Crippen LogP contribution in [0.4, 0.5) is 5.82 Å². The van der Waals surface area contributed by atoms with E-state index in [1.165, 1.54) is 37.4 Å². The molecule has 2 aromatic rings. The van der Waals surface area contributed by atoms with Gasteiger partial charge in [0, 0.05) is 63.6 Å². The summed E-state index contributed by atoms with van der Waals surface area (Å²) in [7, 11) is 0. The fourth-order valence-corrected chi connectivity index (χ4v) is 5.09. The molecule has 2 unspecified atom stereocenters. The molecule has 6 nitrogen and oxygen atoms in total. The van der Waals surface area contributed by atoms with Gasteiger partial charge in [-0.1, -0.05) is 13.8 Å². The molecule has 0 radical (unpaired) electrons. The summed E-state index contributed by atoms with van der Waals surface area (Å²) < 4.78 is 2.47. The first-order valence-corrected chi connectivity index (χ1v) is 10.5. The van der Waals surface area contributed by atoms with Crippen LogP contribution in [-0.2, 0) is 19.5 Å². The standard InChI is InChI=1S/C21H30N6/c1-15(2)19-7-21(24-14-23-19)26-11-16-9-25(10-17(16)12-26)13-18-8-22-20-5-3-4-6-27(18)20/h7-8,14-17H,3-6,9-13H2,1-2H3. The molecule has 6 heteroatoms. The Labute approximate surface area is 161 Å². The zero-order chi connectivity index (χ0) is 18.4. The largest absolute Gasteiger partial charge is 0.356 e. The average Bonchev–Trinajstić information content (AvgIpc) is 3.36. The van der Waals surface area contributed by atoms with Gasteiger partial charge < -0.3 is 9.47 Å². The third kappa shape index (κ3) is 3.24. The number of imidazole rings is 1.